The van der Waals surface area contributed by atoms with E-state index in [4.69, 9.17) is 12.3 Å². The molecule has 0 atom stereocenters. The van der Waals surface area contributed by atoms with Crippen LogP contribution >= 0.6 is 0 Å². The van der Waals surface area contributed by atoms with Crippen LogP contribution in [0.3, 0.4) is 0 Å². The van der Waals surface area contributed by atoms with Gasteiger partial charge in [0.05, 0.1) is 0 Å². The molecule has 0 aliphatic carbocycles. The second-order valence-corrected chi connectivity index (χ2v) is 7.73. The summed E-state index contributed by atoms with van der Waals surface area (Å²) < 4.78 is 75.1. The highest BCUT2D eigenvalue weighted by atomic mass is 14.9. The number of nitrogens with zero attached hydrogens (tertiary/aromatic N) is 1. The first kappa shape index (κ1) is 11.9. The van der Waals surface area contributed by atoms with Gasteiger partial charge in [0.1, 0.15) is 7.05 Å². The summed E-state index contributed by atoms with van der Waals surface area (Å²) in [5.74, 6) is 0. The molecular weight excluding hydrogens is 362 g/mol. The van der Waals surface area contributed by atoms with Gasteiger partial charge in [0.25, 0.3) is 0 Å². The van der Waals surface area contributed by atoms with Crippen molar-refractivity contribution >= 4 is 0 Å². The van der Waals surface area contributed by atoms with Gasteiger partial charge in [-0.2, -0.15) is 0 Å². The van der Waals surface area contributed by atoms with E-state index in [1.54, 1.807) is 31.3 Å². The van der Waals surface area contributed by atoms with E-state index in [9.17, 15) is 0 Å². The Morgan fingerprint density at radius 1 is 0.667 bits per heavy atom. The fourth-order valence-corrected chi connectivity index (χ4v) is 3.93. The lowest BCUT2D eigenvalue weighted by atomic mass is 9.91. The zero-order valence-electron chi connectivity index (χ0n) is 26.4. The summed E-state index contributed by atoms with van der Waals surface area (Å²) >= 11 is 0. The Hall–Kier alpha value is -3.19. The van der Waals surface area contributed by atoms with Crippen molar-refractivity contribution in [3.8, 4) is 33.5 Å². The Bertz CT molecular complexity index is 1490. The molecule has 0 fully saturated rings. The Morgan fingerprint density at radius 2 is 1.37 bits per heavy atom. The summed E-state index contributed by atoms with van der Waals surface area (Å²) in [5.41, 5.74) is 4.88. The lowest BCUT2D eigenvalue weighted by Crippen LogP contribution is -2.30. The van der Waals surface area contributed by atoms with Crippen molar-refractivity contribution in [3.05, 3.63) is 101 Å². The predicted molar refractivity (Wildman–Crippen MR) is 128 cm³/mol. The molecule has 0 radical (unpaired) electrons. The van der Waals surface area contributed by atoms with E-state index < -0.39 is 20.6 Å². The molecule has 0 unspecified atom stereocenters. The van der Waals surface area contributed by atoms with Crippen LogP contribution in [0.1, 0.15) is 40.2 Å². The lowest BCUT2D eigenvalue weighted by molar-refractivity contribution is -0.660. The smallest absolute Gasteiger partial charge is 0.201 e. The number of aromatic nitrogens is 1. The molecule has 0 saturated carbocycles. The Morgan fingerprint density at radius 3 is 2.03 bits per heavy atom. The first-order chi connectivity index (χ1) is 18.0. The first-order valence-electron chi connectivity index (χ1n) is 14.3. The van der Waals surface area contributed by atoms with Gasteiger partial charge in [0, 0.05) is 30.0 Å². The average Bonchev–Trinajstić information content (AvgIpc) is 2.83. The Kier molecular flexibility index (Phi) is 3.13. The molecule has 1 heteroatoms. The maximum Gasteiger partial charge on any atom is 0.213 e. The van der Waals surface area contributed by atoms with Crippen molar-refractivity contribution in [2.45, 2.75) is 34.4 Å². The maximum absolute atomic E-state index is 8.15. The first-order valence-corrected chi connectivity index (χ1v) is 9.85. The zero-order chi connectivity index (χ0) is 28.9. The van der Waals surface area contributed by atoms with E-state index in [0.717, 1.165) is 16.7 Å². The molecule has 0 amide bonds. The quantitative estimate of drug-likeness (QED) is 0.324. The highest BCUT2D eigenvalue weighted by Crippen LogP contribution is 2.34. The van der Waals surface area contributed by atoms with Crippen LogP contribution in [0.15, 0.2) is 72.9 Å². The minimum Gasteiger partial charge on any atom is -0.201 e. The standard InChI is InChI=1S/C29H30N/c1-19-14-22(4)29(23(5)15-19)25-12-13-30(6)28(17-25)27-18-26(20(2)16-21(27)3)24-10-8-7-9-11-24/h7-18H,1-6H3/q+1/i2D3,4D3,5D3. The van der Waals surface area contributed by atoms with Gasteiger partial charge >= 0.3 is 0 Å². The molecule has 1 aromatic heterocycles. The molecule has 4 rings (SSSR count). The van der Waals surface area contributed by atoms with Crippen LogP contribution in [-0.4, -0.2) is 0 Å². The summed E-state index contributed by atoms with van der Waals surface area (Å²) in [4.78, 5) is 0. The van der Waals surface area contributed by atoms with E-state index in [2.05, 4.69) is 0 Å². The van der Waals surface area contributed by atoms with Gasteiger partial charge in [-0.05, 0) is 85.0 Å². The lowest BCUT2D eigenvalue weighted by Gasteiger charge is -2.14. The number of aryl methyl sites for hydroxylation is 6. The molecule has 4 aromatic rings. The molecule has 30 heavy (non-hydrogen) atoms. The number of rotatable bonds is 3. The van der Waals surface area contributed by atoms with E-state index in [1.807, 2.05) is 54.9 Å². The van der Waals surface area contributed by atoms with Gasteiger partial charge in [-0.3, -0.25) is 0 Å². The summed E-state index contributed by atoms with van der Waals surface area (Å²) in [6.07, 6.45) is 1.76. The Balaban J connectivity index is 2.04. The summed E-state index contributed by atoms with van der Waals surface area (Å²) in [6.45, 7) is -3.87. The van der Waals surface area contributed by atoms with Crippen molar-refractivity contribution in [2.75, 3.05) is 0 Å². The summed E-state index contributed by atoms with van der Waals surface area (Å²) in [6, 6.07) is 19.3. The molecule has 150 valence electrons. The normalized spacial score (nSPS) is 16.7. The second kappa shape index (κ2) is 7.91. The molecule has 1 heterocycles. The highest BCUT2D eigenvalue weighted by molar-refractivity contribution is 5.78. The average molecular weight is 402 g/mol. The van der Waals surface area contributed by atoms with E-state index in [0.29, 0.717) is 22.4 Å². The third kappa shape index (κ3) is 3.68. The summed E-state index contributed by atoms with van der Waals surface area (Å²) in [7, 11) is 1.84. The minimum atomic E-state index is -2.53. The van der Waals surface area contributed by atoms with Crippen LogP contribution in [0.5, 0.6) is 0 Å². The van der Waals surface area contributed by atoms with Gasteiger partial charge in [0.2, 0.25) is 5.69 Å². The number of hydrogen-bond acceptors (Lipinski definition) is 0. The molecule has 0 bridgehead atoms. The molecule has 0 N–H and O–H groups in total. The fraction of sp³-hybridized carbons (Fsp3) is 0.207. The summed E-state index contributed by atoms with van der Waals surface area (Å²) in [5, 5.41) is 0. The molecule has 0 aliphatic rings. The van der Waals surface area contributed by atoms with E-state index in [-0.39, 0.29) is 22.3 Å². The van der Waals surface area contributed by atoms with Gasteiger partial charge in [-0.25, -0.2) is 4.57 Å². The third-order valence-electron chi connectivity index (χ3n) is 5.45. The van der Waals surface area contributed by atoms with Crippen molar-refractivity contribution in [3.63, 3.8) is 0 Å². The minimum absolute atomic E-state index is 0.0205. The van der Waals surface area contributed by atoms with Gasteiger partial charge < -0.3 is 0 Å². The van der Waals surface area contributed by atoms with Crippen LogP contribution < -0.4 is 4.57 Å². The monoisotopic (exact) mass is 401 g/mol. The highest BCUT2D eigenvalue weighted by Gasteiger charge is 2.18. The van der Waals surface area contributed by atoms with Crippen molar-refractivity contribution in [1.82, 2.24) is 0 Å². The Labute approximate surface area is 193 Å². The SMILES string of the molecule is [2H]C([2H])([2H])c1cc(C)c(-c2cc(-c3c(C([2H])([2H])[2H])cc(C)cc3C([2H])([2H])[2H])cc[n+]2C)cc1-c1ccccc1. The van der Waals surface area contributed by atoms with Crippen molar-refractivity contribution in [1.29, 1.82) is 0 Å². The molecule has 1 nitrogen and oxygen atoms in total. The van der Waals surface area contributed by atoms with Gasteiger partial charge in [-0.1, -0.05) is 54.1 Å². The fourth-order valence-electron chi connectivity index (χ4n) is 3.93. The van der Waals surface area contributed by atoms with Crippen LogP contribution in [0.2, 0.25) is 0 Å². The number of hydrogen-bond donors (Lipinski definition) is 0. The molecule has 0 aliphatic heterocycles. The maximum atomic E-state index is 8.15. The zero-order valence-corrected chi connectivity index (χ0v) is 17.4. The largest absolute Gasteiger partial charge is 0.213 e. The van der Waals surface area contributed by atoms with Crippen LogP contribution in [0, 0.1) is 34.4 Å². The van der Waals surface area contributed by atoms with Gasteiger partial charge in [0.15, 0.2) is 6.20 Å². The van der Waals surface area contributed by atoms with Gasteiger partial charge in [-0.15, -0.1) is 0 Å². The molecule has 0 spiro atoms. The number of pyridine rings is 1. The topological polar surface area (TPSA) is 3.88 Å². The molecule has 0 saturated heterocycles. The van der Waals surface area contributed by atoms with E-state index in [1.165, 1.54) is 12.1 Å². The third-order valence-corrected chi connectivity index (χ3v) is 5.45. The molecule has 3 aromatic carbocycles. The van der Waals surface area contributed by atoms with E-state index >= 15 is 0 Å². The number of benzene rings is 3. The van der Waals surface area contributed by atoms with Crippen molar-refractivity contribution in [2.24, 2.45) is 7.05 Å². The van der Waals surface area contributed by atoms with Crippen molar-refractivity contribution < 1.29 is 16.9 Å². The van der Waals surface area contributed by atoms with Crippen LogP contribution in [-0.2, 0) is 7.05 Å². The predicted octanol–water partition coefficient (Wildman–Crippen LogP) is 7.05. The second-order valence-electron chi connectivity index (χ2n) is 7.73. The molecular formula is C29H30N+. The van der Waals surface area contributed by atoms with Crippen LogP contribution in [0.25, 0.3) is 33.5 Å². The van der Waals surface area contributed by atoms with Crippen LogP contribution in [0.4, 0.5) is 0 Å².